The highest BCUT2D eigenvalue weighted by Crippen LogP contribution is 2.18. The molecule has 31 heavy (non-hydrogen) atoms. The quantitative estimate of drug-likeness (QED) is 0.290. The summed E-state index contributed by atoms with van der Waals surface area (Å²) in [6.07, 6.45) is 1.29. The number of para-hydroxylation sites is 1. The van der Waals surface area contributed by atoms with Crippen molar-refractivity contribution >= 4 is 35.3 Å². The molecule has 3 aromatic carbocycles. The SMILES string of the molecule is Cc1ccc(NC(=O)c2ccccc2NC(=O)C(=O)N/N=C\c2cccc(O)c2)cc1. The van der Waals surface area contributed by atoms with Gasteiger partial charge in [0.2, 0.25) is 0 Å². The Kier molecular flexibility index (Phi) is 6.74. The van der Waals surface area contributed by atoms with E-state index in [1.165, 1.54) is 30.5 Å². The number of nitrogens with zero attached hydrogens (tertiary/aromatic N) is 1. The summed E-state index contributed by atoms with van der Waals surface area (Å²) in [5.74, 6) is -2.37. The maximum absolute atomic E-state index is 12.6. The van der Waals surface area contributed by atoms with E-state index in [0.717, 1.165) is 5.56 Å². The second kappa shape index (κ2) is 9.84. The Morgan fingerprint density at radius 1 is 0.871 bits per heavy atom. The molecule has 0 saturated carbocycles. The monoisotopic (exact) mass is 416 g/mol. The van der Waals surface area contributed by atoms with E-state index in [1.54, 1.807) is 36.4 Å². The Hall–Kier alpha value is -4.46. The number of hydrazone groups is 1. The van der Waals surface area contributed by atoms with Crippen LogP contribution in [0.3, 0.4) is 0 Å². The van der Waals surface area contributed by atoms with E-state index in [1.807, 2.05) is 19.1 Å². The van der Waals surface area contributed by atoms with E-state index < -0.39 is 17.7 Å². The Balaban J connectivity index is 1.63. The average molecular weight is 416 g/mol. The zero-order valence-corrected chi connectivity index (χ0v) is 16.6. The lowest BCUT2D eigenvalue weighted by molar-refractivity contribution is -0.136. The summed E-state index contributed by atoms with van der Waals surface area (Å²) in [5, 5.41) is 18.3. The highest BCUT2D eigenvalue weighted by Gasteiger charge is 2.17. The number of hydrogen-bond donors (Lipinski definition) is 4. The minimum atomic E-state index is -1.01. The first-order valence-corrected chi connectivity index (χ1v) is 9.33. The number of carbonyl (C=O) groups excluding carboxylic acids is 3. The lowest BCUT2D eigenvalue weighted by Gasteiger charge is -2.11. The summed E-state index contributed by atoms with van der Waals surface area (Å²) in [4.78, 5) is 36.9. The number of phenolic OH excluding ortho intramolecular Hbond substituents is 1. The van der Waals surface area contributed by atoms with Gasteiger partial charge in [-0.3, -0.25) is 14.4 Å². The molecule has 4 N–H and O–H groups in total. The van der Waals surface area contributed by atoms with Crippen molar-refractivity contribution in [2.24, 2.45) is 5.10 Å². The van der Waals surface area contributed by atoms with Crippen LogP contribution in [0.25, 0.3) is 0 Å². The highest BCUT2D eigenvalue weighted by molar-refractivity contribution is 6.40. The molecule has 156 valence electrons. The lowest BCUT2D eigenvalue weighted by atomic mass is 10.1. The molecule has 0 atom stereocenters. The number of hydrogen-bond acceptors (Lipinski definition) is 5. The summed E-state index contributed by atoms with van der Waals surface area (Å²) in [7, 11) is 0. The van der Waals surface area contributed by atoms with Gasteiger partial charge in [-0.1, -0.05) is 42.0 Å². The van der Waals surface area contributed by atoms with Crippen molar-refractivity contribution in [1.82, 2.24) is 5.43 Å². The molecule has 3 rings (SSSR count). The summed E-state index contributed by atoms with van der Waals surface area (Å²) >= 11 is 0. The Morgan fingerprint density at radius 2 is 1.61 bits per heavy atom. The van der Waals surface area contributed by atoms with E-state index in [4.69, 9.17) is 0 Å². The molecule has 0 spiro atoms. The molecule has 8 heteroatoms. The molecule has 3 aromatic rings. The fourth-order valence-electron chi connectivity index (χ4n) is 2.63. The Morgan fingerprint density at radius 3 is 2.35 bits per heavy atom. The number of anilines is 2. The summed E-state index contributed by atoms with van der Waals surface area (Å²) in [6.45, 7) is 1.94. The molecule has 0 radical (unpaired) electrons. The molecule has 0 fully saturated rings. The third kappa shape index (κ3) is 6.01. The van der Waals surface area contributed by atoms with Crippen LogP contribution in [0.4, 0.5) is 11.4 Å². The highest BCUT2D eigenvalue weighted by atomic mass is 16.3. The molecule has 0 aliphatic carbocycles. The van der Waals surface area contributed by atoms with Crippen molar-refractivity contribution in [3.8, 4) is 5.75 Å². The van der Waals surface area contributed by atoms with Crippen molar-refractivity contribution in [2.45, 2.75) is 6.92 Å². The summed E-state index contributed by atoms with van der Waals surface area (Å²) < 4.78 is 0. The summed E-state index contributed by atoms with van der Waals surface area (Å²) in [6, 6.07) is 19.8. The van der Waals surface area contributed by atoms with Crippen LogP contribution in [0.5, 0.6) is 5.75 Å². The van der Waals surface area contributed by atoms with Gasteiger partial charge in [0.1, 0.15) is 5.75 Å². The number of aryl methyl sites for hydroxylation is 1. The van der Waals surface area contributed by atoms with Gasteiger partial charge in [0, 0.05) is 5.69 Å². The number of nitrogens with one attached hydrogen (secondary N) is 3. The molecule has 3 amide bonds. The van der Waals surface area contributed by atoms with Crippen LogP contribution in [0.1, 0.15) is 21.5 Å². The van der Waals surface area contributed by atoms with Crippen molar-refractivity contribution < 1.29 is 19.5 Å². The first kappa shape index (κ1) is 21.3. The zero-order valence-electron chi connectivity index (χ0n) is 16.6. The second-order valence-corrected chi connectivity index (χ2v) is 6.61. The van der Waals surface area contributed by atoms with Gasteiger partial charge in [-0.05, 0) is 48.9 Å². The predicted octanol–water partition coefficient (Wildman–Crippen LogP) is 3.04. The van der Waals surface area contributed by atoms with Crippen molar-refractivity contribution in [1.29, 1.82) is 0 Å². The maximum atomic E-state index is 12.6. The third-order valence-corrected chi connectivity index (χ3v) is 4.19. The van der Waals surface area contributed by atoms with Crippen LogP contribution >= 0.6 is 0 Å². The van der Waals surface area contributed by atoms with Crippen LogP contribution in [0, 0.1) is 6.92 Å². The first-order valence-electron chi connectivity index (χ1n) is 9.33. The van der Waals surface area contributed by atoms with Crippen LogP contribution in [0.15, 0.2) is 77.9 Å². The lowest BCUT2D eigenvalue weighted by Crippen LogP contribution is -2.33. The topological polar surface area (TPSA) is 120 Å². The Bertz CT molecular complexity index is 1140. The molecule has 8 nitrogen and oxygen atoms in total. The number of phenols is 1. The van der Waals surface area contributed by atoms with Crippen LogP contribution < -0.4 is 16.1 Å². The number of carbonyl (C=O) groups is 3. The minimum Gasteiger partial charge on any atom is -0.508 e. The molecule has 0 aromatic heterocycles. The van der Waals surface area contributed by atoms with Gasteiger partial charge in [-0.2, -0.15) is 5.10 Å². The van der Waals surface area contributed by atoms with E-state index in [2.05, 4.69) is 21.2 Å². The molecule has 0 saturated heterocycles. The van der Waals surface area contributed by atoms with E-state index in [0.29, 0.717) is 11.3 Å². The van der Waals surface area contributed by atoms with Gasteiger partial charge in [0.25, 0.3) is 5.91 Å². The smallest absolute Gasteiger partial charge is 0.329 e. The van der Waals surface area contributed by atoms with E-state index in [-0.39, 0.29) is 17.0 Å². The largest absolute Gasteiger partial charge is 0.508 e. The van der Waals surface area contributed by atoms with Gasteiger partial charge in [-0.15, -0.1) is 0 Å². The van der Waals surface area contributed by atoms with Gasteiger partial charge in [-0.25, -0.2) is 5.43 Å². The van der Waals surface area contributed by atoms with Crippen LogP contribution in [0.2, 0.25) is 0 Å². The molecule has 0 heterocycles. The van der Waals surface area contributed by atoms with Gasteiger partial charge >= 0.3 is 11.8 Å². The summed E-state index contributed by atoms with van der Waals surface area (Å²) in [5.41, 5.74) is 4.69. The zero-order chi connectivity index (χ0) is 22.2. The average Bonchev–Trinajstić information content (AvgIpc) is 2.75. The van der Waals surface area contributed by atoms with Crippen molar-refractivity contribution in [2.75, 3.05) is 10.6 Å². The number of rotatable bonds is 5. The van der Waals surface area contributed by atoms with Crippen molar-refractivity contribution in [3.63, 3.8) is 0 Å². The normalized spacial score (nSPS) is 10.5. The maximum Gasteiger partial charge on any atom is 0.329 e. The van der Waals surface area contributed by atoms with E-state index in [9.17, 15) is 19.5 Å². The van der Waals surface area contributed by atoms with Gasteiger partial charge < -0.3 is 15.7 Å². The molecule has 0 unspecified atom stereocenters. The van der Waals surface area contributed by atoms with Crippen molar-refractivity contribution in [3.05, 3.63) is 89.5 Å². The second-order valence-electron chi connectivity index (χ2n) is 6.61. The molecule has 0 bridgehead atoms. The predicted molar refractivity (Wildman–Crippen MR) is 118 cm³/mol. The van der Waals surface area contributed by atoms with Crippen LogP contribution in [-0.4, -0.2) is 29.0 Å². The Labute approximate surface area is 178 Å². The number of amides is 3. The number of aromatic hydroxyl groups is 1. The van der Waals surface area contributed by atoms with Gasteiger partial charge in [0.05, 0.1) is 17.5 Å². The molecular weight excluding hydrogens is 396 g/mol. The van der Waals surface area contributed by atoms with Crippen LogP contribution in [-0.2, 0) is 9.59 Å². The molecule has 0 aliphatic heterocycles. The fourth-order valence-corrected chi connectivity index (χ4v) is 2.63. The third-order valence-electron chi connectivity index (χ3n) is 4.19. The number of benzene rings is 3. The molecular formula is C23H20N4O4. The fraction of sp³-hybridized carbons (Fsp3) is 0.0435. The first-order chi connectivity index (χ1) is 14.9. The van der Waals surface area contributed by atoms with Gasteiger partial charge in [0.15, 0.2) is 0 Å². The van der Waals surface area contributed by atoms with E-state index >= 15 is 0 Å². The minimum absolute atomic E-state index is 0.0496. The standard InChI is InChI=1S/C23H20N4O4/c1-15-9-11-17(12-10-15)25-21(29)19-7-2-3-8-20(19)26-22(30)23(31)27-24-14-16-5-4-6-18(28)13-16/h2-14,28H,1H3,(H,25,29)(H,26,30)(H,27,31)/b24-14-. The molecule has 0 aliphatic rings.